The second-order valence-electron chi connectivity index (χ2n) is 6.72. The monoisotopic (exact) mass is 331 g/mol. The number of aryl methyl sites for hydroxylation is 1. The molecule has 1 aromatic heterocycles. The number of alkyl halides is 3. The summed E-state index contributed by atoms with van der Waals surface area (Å²) in [4.78, 5) is 12.2. The first-order valence-electron chi connectivity index (χ1n) is 8.09. The van der Waals surface area contributed by atoms with Crippen molar-refractivity contribution >= 4 is 5.91 Å². The van der Waals surface area contributed by atoms with Gasteiger partial charge in [-0.3, -0.25) is 9.48 Å². The van der Waals surface area contributed by atoms with Gasteiger partial charge in [0.05, 0.1) is 12.5 Å². The van der Waals surface area contributed by atoms with Crippen LogP contribution < -0.4 is 5.32 Å². The highest BCUT2D eigenvalue weighted by Crippen LogP contribution is 2.28. The van der Waals surface area contributed by atoms with Gasteiger partial charge in [-0.1, -0.05) is 13.8 Å². The van der Waals surface area contributed by atoms with Gasteiger partial charge >= 0.3 is 6.18 Å². The summed E-state index contributed by atoms with van der Waals surface area (Å²) in [6.07, 6.45) is -0.309. The number of carbonyl (C=O) groups excluding carboxylic acids is 1. The molecular weight excluding hydrogens is 307 g/mol. The largest absolute Gasteiger partial charge is 0.435 e. The summed E-state index contributed by atoms with van der Waals surface area (Å²) in [5.74, 6) is 0.162. The van der Waals surface area contributed by atoms with Gasteiger partial charge < -0.3 is 5.32 Å². The smallest absolute Gasteiger partial charge is 0.353 e. The molecule has 0 spiro atoms. The molecule has 1 atom stereocenters. The lowest BCUT2D eigenvalue weighted by Crippen LogP contribution is -2.41. The van der Waals surface area contributed by atoms with Gasteiger partial charge in [0.15, 0.2) is 5.69 Å². The molecule has 1 aliphatic rings. The minimum absolute atomic E-state index is 0.118. The summed E-state index contributed by atoms with van der Waals surface area (Å²) in [7, 11) is 0. The third-order valence-corrected chi connectivity index (χ3v) is 4.53. The van der Waals surface area contributed by atoms with Crippen molar-refractivity contribution in [3.63, 3.8) is 0 Å². The van der Waals surface area contributed by atoms with Crippen LogP contribution in [0.1, 0.15) is 50.9 Å². The van der Waals surface area contributed by atoms with Gasteiger partial charge in [-0.15, -0.1) is 0 Å². The van der Waals surface area contributed by atoms with Crippen molar-refractivity contribution in [1.82, 2.24) is 15.1 Å². The first kappa shape index (κ1) is 17.8. The van der Waals surface area contributed by atoms with Crippen LogP contribution in [0.25, 0.3) is 0 Å². The molecule has 7 heteroatoms. The first-order valence-corrected chi connectivity index (χ1v) is 8.09. The summed E-state index contributed by atoms with van der Waals surface area (Å²) < 4.78 is 39.2. The Kier molecular flexibility index (Phi) is 5.37. The predicted octanol–water partition coefficient (Wildman–Crippen LogP) is 3.54. The van der Waals surface area contributed by atoms with Gasteiger partial charge in [0.25, 0.3) is 0 Å². The molecule has 1 aliphatic carbocycles. The van der Waals surface area contributed by atoms with Gasteiger partial charge in [0, 0.05) is 11.7 Å². The zero-order valence-electron chi connectivity index (χ0n) is 13.8. The summed E-state index contributed by atoms with van der Waals surface area (Å²) >= 11 is 0. The summed E-state index contributed by atoms with van der Waals surface area (Å²) in [5.41, 5.74) is -0.507. The second-order valence-corrected chi connectivity index (χ2v) is 6.72. The number of aromatic nitrogens is 2. The van der Waals surface area contributed by atoms with E-state index in [0.717, 1.165) is 31.7 Å². The van der Waals surface area contributed by atoms with E-state index < -0.39 is 17.8 Å². The molecule has 1 amide bonds. The normalized spacial score (nSPS) is 23.6. The van der Waals surface area contributed by atoms with Crippen LogP contribution in [0, 0.1) is 18.8 Å². The molecule has 0 saturated heterocycles. The van der Waals surface area contributed by atoms with E-state index in [2.05, 4.69) is 17.3 Å². The van der Waals surface area contributed by atoms with Crippen molar-refractivity contribution in [2.45, 2.75) is 65.2 Å². The Morgan fingerprint density at radius 3 is 2.52 bits per heavy atom. The summed E-state index contributed by atoms with van der Waals surface area (Å²) in [6, 6.07) is 1.19. The standard InChI is InChI=1S/C16H24F3N3O/c1-10-4-6-13(7-5-10)20-15(23)11(2)9-22-12(3)8-14(21-22)16(17,18)19/h8,10-11,13H,4-7,9H2,1-3H3,(H,20,23). The first-order chi connectivity index (χ1) is 10.7. The minimum atomic E-state index is -4.46. The number of amides is 1. The Labute approximate surface area is 134 Å². The van der Waals surface area contributed by atoms with E-state index in [0.29, 0.717) is 11.6 Å². The molecule has 0 aromatic carbocycles. The molecule has 130 valence electrons. The molecule has 1 saturated carbocycles. The third-order valence-electron chi connectivity index (χ3n) is 4.53. The molecule has 1 fully saturated rings. The summed E-state index contributed by atoms with van der Waals surface area (Å²) in [6.45, 7) is 5.64. The minimum Gasteiger partial charge on any atom is -0.353 e. The predicted molar refractivity (Wildman–Crippen MR) is 80.7 cm³/mol. The maximum atomic E-state index is 12.7. The van der Waals surface area contributed by atoms with E-state index in [1.54, 1.807) is 13.8 Å². The maximum Gasteiger partial charge on any atom is 0.435 e. The molecule has 0 bridgehead atoms. The van der Waals surface area contributed by atoms with Crippen LogP contribution in [-0.2, 0) is 17.5 Å². The van der Waals surface area contributed by atoms with Crippen molar-refractivity contribution in [1.29, 1.82) is 0 Å². The molecule has 1 N–H and O–H groups in total. The van der Waals surface area contributed by atoms with Gasteiger partial charge in [-0.05, 0) is 44.6 Å². The van der Waals surface area contributed by atoms with Crippen LogP contribution in [-0.4, -0.2) is 21.7 Å². The number of nitrogens with zero attached hydrogens (tertiary/aromatic N) is 2. The van der Waals surface area contributed by atoms with Crippen LogP contribution in [0.15, 0.2) is 6.07 Å². The zero-order valence-corrected chi connectivity index (χ0v) is 13.8. The van der Waals surface area contributed by atoms with Crippen LogP contribution in [0.3, 0.4) is 0 Å². The third kappa shape index (κ3) is 4.72. The fraction of sp³-hybridized carbons (Fsp3) is 0.750. The van der Waals surface area contributed by atoms with Gasteiger partial charge in [-0.2, -0.15) is 18.3 Å². The quantitative estimate of drug-likeness (QED) is 0.917. The van der Waals surface area contributed by atoms with E-state index in [9.17, 15) is 18.0 Å². The van der Waals surface area contributed by atoms with Crippen LogP contribution in [0.4, 0.5) is 13.2 Å². The van der Waals surface area contributed by atoms with E-state index in [1.807, 2.05) is 0 Å². The zero-order chi connectivity index (χ0) is 17.2. The fourth-order valence-corrected chi connectivity index (χ4v) is 2.92. The Bertz CT molecular complexity index is 545. The number of hydrogen-bond donors (Lipinski definition) is 1. The van der Waals surface area contributed by atoms with Crippen molar-refractivity contribution in [3.8, 4) is 0 Å². The van der Waals surface area contributed by atoms with Crippen LogP contribution in [0.2, 0.25) is 0 Å². The molecule has 1 heterocycles. The number of rotatable bonds is 4. The average Bonchev–Trinajstić information content (AvgIpc) is 2.82. The Morgan fingerprint density at radius 2 is 2.00 bits per heavy atom. The van der Waals surface area contributed by atoms with E-state index >= 15 is 0 Å². The highest BCUT2D eigenvalue weighted by molar-refractivity contribution is 5.78. The molecule has 2 rings (SSSR count). The number of carbonyl (C=O) groups is 1. The number of halogens is 3. The molecular formula is C16H24F3N3O. The van der Waals surface area contributed by atoms with Crippen LogP contribution in [0.5, 0.6) is 0 Å². The number of nitrogens with one attached hydrogen (secondary N) is 1. The highest BCUT2D eigenvalue weighted by atomic mass is 19.4. The fourth-order valence-electron chi connectivity index (χ4n) is 2.92. The average molecular weight is 331 g/mol. The second kappa shape index (κ2) is 6.93. The molecule has 1 aromatic rings. The van der Waals surface area contributed by atoms with Crippen molar-refractivity contribution in [2.75, 3.05) is 0 Å². The van der Waals surface area contributed by atoms with E-state index in [4.69, 9.17) is 0 Å². The Hall–Kier alpha value is -1.53. The SMILES string of the molecule is Cc1cc(C(F)(F)F)nn1CC(C)C(=O)NC1CCC(C)CC1. The highest BCUT2D eigenvalue weighted by Gasteiger charge is 2.34. The summed E-state index contributed by atoms with van der Waals surface area (Å²) in [5, 5.41) is 6.59. The van der Waals surface area contributed by atoms with Crippen molar-refractivity contribution in [3.05, 3.63) is 17.5 Å². The van der Waals surface area contributed by atoms with Gasteiger partial charge in [-0.25, -0.2) is 0 Å². The number of hydrogen-bond acceptors (Lipinski definition) is 2. The maximum absolute atomic E-state index is 12.7. The Balaban J connectivity index is 1.92. The lowest BCUT2D eigenvalue weighted by molar-refractivity contribution is -0.141. The molecule has 0 radical (unpaired) electrons. The molecule has 23 heavy (non-hydrogen) atoms. The van der Waals surface area contributed by atoms with Crippen molar-refractivity contribution in [2.24, 2.45) is 11.8 Å². The molecule has 1 unspecified atom stereocenters. The van der Waals surface area contributed by atoms with Gasteiger partial charge in [0.2, 0.25) is 5.91 Å². The molecule has 0 aliphatic heterocycles. The lowest BCUT2D eigenvalue weighted by atomic mass is 9.87. The van der Waals surface area contributed by atoms with E-state index in [-0.39, 0.29) is 18.5 Å². The van der Waals surface area contributed by atoms with Crippen molar-refractivity contribution < 1.29 is 18.0 Å². The molecule has 4 nitrogen and oxygen atoms in total. The lowest BCUT2D eigenvalue weighted by Gasteiger charge is -2.28. The Morgan fingerprint density at radius 1 is 1.39 bits per heavy atom. The topological polar surface area (TPSA) is 46.9 Å². The van der Waals surface area contributed by atoms with Crippen LogP contribution >= 0.6 is 0 Å². The van der Waals surface area contributed by atoms with Gasteiger partial charge in [0.1, 0.15) is 0 Å². The van der Waals surface area contributed by atoms with E-state index in [1.165, 1.54) is 4.68 Å².